The van der Waals surface area contributed by atoms with Crippen molar-refractivity contribution in [3.8, 4) is 0 Å². The summed E-state index contributed by atoms with van der Waals surface area (Å²) in [5, 5.41) is 0. The van der Waals surface area contributed by atoms with Crippen molar-refractivity contribution in [1.29, 1.82) is 0 Å². The molecule has 0 bridgehead atoms. The topological polar surface area (TPSA) is 93.2 Å². The number of anilines is 1. The van der Waals surface area contributed by atoms with Crippen molar-refractivity contribution < 1.29 is 31.9 Å². The molecular weight excluding hydrogens is 547 g/mol. The number of benzene rings is 3. The number of hydrogen-bond donors (Lipinski definition) is 0. The van der Waals surface area contributed by atoms with Gasteiger partial charge < -0.3 is 14.4 Å². The number of fused-ring (bicyclic) bond motifs is 2. The molecule has 0 aromatic heterocycles. The van der Waals surface area contributed by atoms with Gasteiger partial charge in [0.05, 0.1) is 29.3 Å². The predicted molar refractivity (Wildman–Crippen MR) is 149 cm³/mol. The Morgan fingerprint density at radius 3 is 2.29 bits per heavy atom. The van der Waals surface area contributed by atoms with Crippen LogP contribution in [0.2, 0.25) is 0 Å². The molecule has 1 spiro atoms. The van der Waals surface area contributed by atoms with Crippen molar-refractivity contribution in [3.63, 3.8) is 0 Å². The number of methoxy groups -OCH3 is 1. The fourth-order valence-corrected chi connectivity index (χ4v) is 8.22. The van der Waals surface area contributed by atoms with Gasteiger partial charge in [-0.2, -0.15) is 0 Å². The molecular formula is C31H31FN2O6S. The molecule has 2 fully saturated rings. The van der Waals surface area contributed by atoms with E-state index >= 15 is 0 Å². The van der Waals surface area contributed by atoms with Gasteiger partial charge >= 0.3 is 12.1 Å². The van der Waals surface area contributed by atoms with Crippen LogP contribution in [0.5, 0.6) is 0 Å². The molecule has 2 aliphatic heterocycles. The van der Waals surface area contributed by atoms with Gasteiger partial charge in [0.2, 0.25) is 0 Å². The average Bonchev–Trinajstić information content (AvgIpc) is 3.80. The maximum absolute atomic E-state index is 14.2. The van der Waals surface area contributed by atoms with Gasteiger partial charge in [-0.3, -0.25) is 4.31 Å². The lowest BCUT2D eigenvalue weighted by Crippen LogP contribution is -2.54. The predicted octanol–water partition coefficient (Wildman–Crippen LogP) is 5.27. The highest BCUT2D eigenvalue weighted by molar-refractivity contribution is 7.92. The number of likely N-dealkylation sites (tertiary alicyclic amines) is 1. The third kappa shape index (κ3) is 4.84. The van der Waals surface area contributed by atoms with E-state index in [1.165, 1.54) is 23.5 Å². The van der Waals surface area contributed by atoms with Crippen molar-refractivity contribution in [2.24, 2.45) is 5.92 Å². The van der Waals surface area contributed by atoms with Crippen molar-refractivity contribution in [1.82, 2.24) is 4.90 Å². The molecule has 0 N–H and O–H groups in total. The van der Waals surface area contributed by atoms with E-state index < -0.39 is 39.4 Å². The maximum Gasteiger partial charge on any atom is 0.410 e. The monoisotopic (exact) mass is 578 g/mol. The number of piperidine rings is 1. The smallest absolute Gasteiger partial charge is 0.410 e. The Morgan fingerprint density at radius 1 is 0.976 bits per heavy atom. The molecule has 0 radical (unpaired) electrons. The maximum atomic E-state index is 14.2. The summed E-state index contributed by atoms with van der Waals surface area (Å²) in [5.41, 5.74) is 1.89. The van der Waals surface area contributed by atoms with Crippen LogP contribution in [0.4, 0.5) is 14.9 Å². The van der Waals surface area contributed by atoms with E-state index in [9.17, 15) is 22.4 Å². The van der Waals surface area contributed by atoms with Crippen LogP contribution in [0.15, 0.2) is 77.7 Å². The summed E-state index contributed by atoms with van der Waals surface area (Å²) in [7, 11) is -2.75. The summed E-state index contributed by atoms with van der Waals surface area (Å²) >= 11 is 0. The van der Waals surface area contributed by atoms with E-state index in [0.29, 0.717) is 37.2 Å². The first-order valence-electron chi connectivity index (χ1n) is 13.7. The summed E-state index contributed by atoms with van der Waals surface area (Å²) in [6.45, 7) is 0.924. The van der Waals surface area contributed by atoms with Crippen LogP contribution in [0, 0.1) is 11.7 Å². The standard InChI is InChI=1S/C31H31FN2O6S/c1-39-29(35)23-9-14-27-26(19-23)31(15-17-33(18-16-31)30(36)40-20-21-5-3-2-4-6-21)28(22-7-8-22)34(27)41(37,38)25-12-10-24(32)11-13-25/h2-6,9-14,19,22,28H,7-8,15-18,20H2,1H3. The molecule has 41 heavy (non-hydrogen) atoms. The lowest BCUT2D eigenvalue weighted by molar-refractivity contribution is 0.0600. The fraction of sp³-hybridized carbons (Fsp3) is 0.355. The van der Waals surface area contributed by atoms with E-state index in [1.807, 2.05) is 30.3 Å². The lowest BCUT2D eigenvalue weighted by Gasteiger charge is -2.44. The van der Waals surface area contributed by atoms with Gasteiger partial charge in [0.25, 0.3) is 10.0 Å². The quantitative estimate of drug-likeness (QED) is 0.370. The SMILES string of the molecule is COC(=O)c1ccc2c(c1)C1(CCN(C(=O)OCc3ccccc3)CC1)C(C1CC1)N2S(=O)(=O)c1ccc(F)cc1. The summed E-state index contributed by atoms with van der Waals surface area (Å²) in [6, 6.07) is 18.9. The first-order valence-corrected chi connectivity index (χ1v) is 15.2. The van der Waals surface area contributed by atoms with Gasteiger partial charge in [-0.15, -0.1) is 0 Å². The Morgan fingerprint density at radius 2 is 1.66 bits per heavy atom. The zero-order chi connectivity index (χ0) is 28.8. The number of esters is 1. The van der Waals surface area contributed by atoms with E-state index in [0.717, 1.165) is 36.1 Å². The molecule has 3 aromatic carbocycles. The van der Waals surface area contributed by atoms with E-state index in [-0.39, 0.29) is 17.4 Å². The Kier molecular flexibility index (Phi) is 6.97. The zero-order valence-electron chi connectivity index (χ0n) is 22.7. The van der Waals surface area contributed by atoms with Crippen LogP contribution in [-0.2, 0) is 31.5 Å². The number of nitrogens with zero attached hydrogens (tertiary/aromatic N) is 2. The summed E-state index contributed by atoms with van der Waals surface area (Å²) in [4.78, 5) is 27.2. The van der Waals surface area contributed by atoms with Crippen LogP contribution < -0.4 is 4.31 Å². The Bertz CT molecular complexity index is 1570. The number of hydrogen-bond acceptors (Lipinski definition) is 6. The van der Waals surface area contributed by atoms with Gasteiger partial charge in [-0.1, -0.05) is 30.3 Å². The molecule has 3 aromatic rings. The van der Waals surface area contributed by atoms with Crippen molar-refractivity contribution >= 4 is 27.8 Å². The highest BCUT2D eigenvalue weighted by Gasteiger charge is 2.60. The third-order valence-electron chi connectivity index (χ3n) is 8.57. The van der Waals surface area contributed by atoms with Gasteiger partial charge in [0, 0.05) is 18.5 Å². The van der Waals surface area contributed by atoms with Crippen LogP contribution in [-0.4, -0.2) is 51.6 Å². The Labute approximate surface area is 238 Å². The molecule has 214 valence electrons. The van der Waals surface area contributed by atoms with Gasteiger partial charge in [0.15, 0.2) is 0 Å². The average molecular weight is 579 g/mol. The minimum Gasteiger partial charge on any atom is -0.465 e. The molecule has 8 nitrogen and oxygen atoms in total. The van der Waals surface area contributed by atoms with Crippen LogP contribution in [0.3, 0.4) is 0 Å². The van der Waals surface area contributed by atoms with Crippen molar-refractivity contribution in [3.05, 3.63) is 95.3 Å². The molecule has 1 saturated carbocycles. The molecule has 6 rings (SSSR count). The number of amides is 1. The van der Waals surface area contributed by atoms with Crippen molar-refractivity contribution in [2.45, 2.75) is 48.6 Å². The summed E-state index contributed by atoms with van der Waals surface area (Å²) in [6.07, 6.45) is 2.35. The third-order valence-corrected chi connectivity index (χ3v) is 10.4. The number of ether oxygens (including phenoxy) is 2. The molecule has 1 aliphatic carbocycles. The fourth-order valence-electron chi connectivity index (χ4n) is 6.42. The molecule has 1 amide bonds. The molecule has 10 heteroatoms. The molecule has 2 heterocycles. The highest BCUT2D eigenvalue weighted by Crippen LogP contribution is 2.59. The van der Waals surface area contributed by atoms with E-state index in [4.69, 9.17) is 9.47 Å². The largest absolute Gasteiger partial charge is 0.465 e. The number of carbonyl (C=O) groups excluding carboxylic acids is 2. The molecule has 3 aliphatic rings. The Balaban J connectivity index is 1.35. The first-order chi connectivity index (χ1) is 19.7. The summed E-state index contributed by atoms with van der Waals surface area (Å²) < 4.78 is 54.1. The minimum absolute atomic E-state index is 0.00604. The van der Waals surface area contributed by atoms with E-state index in [1.54, 1.807) is 23.1 Å². The number of halogens is 1. The van der Waals surface area contributed by atoms with Crippen LogP contribution in [0.1, 0.15) is 47.2 Å². The van der Waals surface area contributed by atoms with Gasteiger partial charge in [-0.25, -0.2) is 22.4 Å². The Hall–Kier alpha value is -3.92. The first kappa shape index (κ1) is 27.3. The van der Waals surface area contributed by atoms with Gasteiger partial charge in [0.1, 0.15) is 12.4 Å². The van der Waals surface area contributed by atoms with Crippen LogP contribution in [0.25, 0.3) is 0 Å². The zero-order valence-corrected chi connectivity index (χ0v) is 23.5. The summed E-state index contributed by atoms with van der Waals surface area (Å²) in [5.74, 6) is -0.904. The van der Waals surface area contributed by atoms with Gasteiger partial charge in [-0.05, 0) is 85.2 Å². The highest BCUT2D eigenvalue weighted by atomic mass is 32.2. The number of carbonyl (C=O) groups is 2. The normalized spacial score (nSPS) is 19.6. The minimum atomic E-state index is -4.06. The molecule has 1 atom stereocenters. The second-order valence-corrected chi connectivity index (χ2v) is 12.8. The molecule has 1 saturated heterocycles. The van der Waals surface area contributed by atoms with E-state index in [2.05, 4.69) is 0 Å². The van der Waals surface area contributed by atoms with Crippen molar-refractivity contribution in [2.75, 3.05) is 24.5 Å². The lowest BCUT2D eigenvalue weighted by atomic mass is 9.68. The van der Waals surface area contributed by atoms with Crippen LogP contribution >= 0.6 is 0 Å². The second kappa shape index (κ2) is 10.5. The molecule has 1 unspecified atom stereocenters. The number of sulfonamides is 1. The second-order valence-electron chi connectivity index (χ2n) is 10.9. The number of rotatable bonds is 6.